The van der Waals surface area contributed by atoms with Crippen molar-refractivity contribution in [2.75, 3.05) is 27.2 Å². The van der Waals surface area contributed by atoms with Gasteiger partial charge in [-0.05, 0) is 19.8 Å². The molecule has 1 fully saturated rings. The summed E-state index contributed by atoms with van der Waals surface area (Å²) in [6, 6.07) is 0. The topological polar surface area (TPSA) is 77.9 Å². The highest BCUT2D eigenvalue weighted by atomic mass is 16.4. The monoisotopic (exact) mass is 270 g/mol. The fraction of sp³-hybridized carbons (Fsp3) is 0.769. The van der Waals surface area contributed by atoms with Crippen LogP contribution in [0.5, 0.6) is 0 Å². The molecule has 1 aliphatic carbocycles. The van der Waals surface area contributed by atoms with E-state index in [1.165, 1.54) is 9.80 Å². The van der Waals surface area contributed by atoms with E-state index in [4.69, 9.17) is 5.11 Å². The van der Waals surface area contributed by atoms with Gasteiger partial charge in [0, 0.05) is 20.6 Å². The highest BCUT2D eigenvalue weighted by Crippen LogP contribution is 2.33. The predicted molar refractivity (Wildman–Crippen MR) is 69.4 cm³/mol. The van der Waals surface area contributed by atoms with Crippen LogP contribution in [-0.4, -0.2) is 59.9 Å². The molecule has 1 N–H and O–H groups in total. The Morgan fingerprint density at radius 2 is 1.74 bits per heavy atom. The fourth-order valence-corrected chi connectivity index (χ4v) is 2.44. The van der Waals surface area contributed by atoms with Gasteiger partial charge in [0.15, 0.2) is 0 Å². The molecule has 0 aromatic carbocycles. The molecule has 0 spiro atoms. The summed E-state index contributed by atoms with van der Waals surface area (Å²) in [7, 11) is 3.27. The number of rotatable bonds is 5. The van der Waals surface area contributed by atoms with Gasteiger partial charge in [-0.2, -0.15) is 0 Å². The van der Waals surface area contributed by atoms with E-state index in [-0.39, 0.29) is 18.4 Å². The first-order valence-electron chi connectivity index (χ1n) is 6.60. The van der Waals surface area contributed by atoms with Crippen LogP contribution >= 0.6 is 0 Å². The van der Waals surface area contributed by atoms with E-state index in [1.54, 1.807) is 21.0 Å². The first-order chi connectivity index (χ1) is 8.88. The van der Waals surface area contributed by atoms with Crippen molar-refractivity contribution in [1.82, 2.24) is 9.80 Å². The summed E-state index contributed by atoms with van der Waals surface area (Å²) in [5.74, 6) is -2.35. The lowest BCUT2D eigenvalue weighted by molar-refractivity contribution is -0.150. The number of carboxylic acid groups (broad SMARTS) is 1. The van der Waals surface area contributed by atoms with Crippen LogP contribution in [0.25, 0.3) is 0 Å². The number of amides is 2. The second-order valence-electron chi connectivity index (χ2n) is 5.12. The van der Waals surface area contributed by atoms with Crippen LogP contribution in [0.3, 0.4) is 0 Å². The average Bonchev–Trinajstić information content (AvgIpc) is 2.83. The SMILES string of the molecule is CCN(CC(=O)N(C)C)C(=O)[C@@H]1CCC[C@@H]1C(=O)O. The first kappa shape index (κ1) is 15.5. The van der Waals surface area contributed by atoms with Gasteiger partial charge in [0.05, 0.1) is 18.4 Å². The third-order valence-corrected chi connectivity index (χ3v) is 3.67. The zero-order valence-electron chi connectivity index (χ0n) is 11.8. The molecule has 2 amide bonds. The summed E-state index contributed by atoms with van der Waals surface area (Å²) in [5.41, 5.74) is 0. The van der Waals surface area contributed by atoms with Crippen molar-refractivity contribution < 1.29 is 19.5 Å². The Kier molecular flexibility index (Phi) is 5.32. The molecular weight excluding hydrogens is 248 g/mol. The van der Waals surface area contributed by atoms with Crippen molar-refractivity contribution in [3.63, 3.8) is 0 Å². The maximum absolute atomic E-state index is 12.3. The molecule has 6 heteroatoms. The van der Waals surface area contributed by atoms with Crippen molar-refractivity contribution in [2.45, 2.75) is 26.2 Å². The van der Waals surface area contributed by atoms with E-state index >= 15 is 0 Å². The smallest absolute Gasteiger partial charge is 0.307 e. The second-order valence-corrected chi connectivity index (χ2v) is 5.12. The zero-order valence-corrected chi connectivity index (χ0v) is 11.8. The Labute approximate surface area is 113 Å². The summed E-state index contributed by atoms with van der Waals surface area (Å²) in [4.78, 5) is 38.0. The Hall–Kier alpha value is -1.59. The summed E-state index contributed by atoms with van der Waals surface area (Å²) < 4.78 is 0. The Balaban J connectivity index is 2.73. The van der Waals surface area contributed by atoms with E-state index in [2.05, 4.69) is 0 Å². The Bertz CT molecular complexity index is 368. The molecule has 1 aliphatic rings. The molecule has 6 nitrogen and oxygen atoms in total. The number of hydrogen-bond donors (Lipinski definition) is 1. The van der Waals surface area contributed by atoms with Crippen LogP contribution in [-0.2, 0) is 14.4 Å². The highest BCUT2D eigenvalue weighted by molar-refractivity contribution is 5.88. The van der Waals surface area contributed by atoms with Crippen molar-refractivity contribution in [1.29, 1.82) is 0 Å². The van der Waals surface area contributed by atoms with Gasteiger partial charge in [-0.3, -0.25) is 14.4 Å². The lowest BCUT2D eigenvalue weighted by Gasteiger charge is -2.26. The number of likely N-dealkylation sites (N-methyl/N-ethyl adjacent to an activating group) is 2. The molecule has 0 bridgehead atoms. The number of aliphatic carboxylic acids is 1. The van der Waals surface area contributed by atoms with E-state index < -0.39 is 17.8 Å². The van der Waals surface area contributed by atoms with Gasteiger partial charge in [-0.15, -0.1) is 0 Å². The largest absolute Gasteiger partial charge is 0.481 e. The second kappa shape index (κ2) is 6.54. The molecular formula is C13H22N2O4. The molecule has 1 saturated carbocycles. The van der Waals surface area contributed by atoms with E-state index in [1.807, 2.05) is 0 Å². The van der Waals surface area contributed by atoms with Gasteiger partial charge in [0.1, 0.15) is 0 Å². The molecule has 0 unspecified atom stereocenters. The van der Waals surface area contributed by atoms with E-state index in [9.17, 15) is 14.4 Å². The average molecular weight is 270 g/mol. The summed E-state index contributed by atoms with van der Waals surface area (Å²) in [5, 5.41) is 9.11. The van der Waals surface area contributed by atoms with Gasteiger partial charge in [-0.1, -0.05) is 6.42 Å². The quantitative estimate of drug-likeness (QED) is 0.785. The third kappa shape index (κ3) is 3.68. The lowest BCUT2D eigenvalue weighted by atomic mass is 9.94. The van der Waals surface area contributed by atoms with Gasteiger partial charge >= 0.3 is 5.97 Å². The van der Waals surface area contributed by atoms with Gasteiger partial charge in [-0.25, -0.2) is 0 Å². The molecule has 0 aromatic heterocycles. The molecule has 0 heterocycles. The zero-order chi connectivity index (χ0) is 14.6. The summed E-state index contributed by atoms with van der Waals surface area (Å²) in [6.07, 6.45) is 1.90. The number of carbonyl (C=O) groups is 3. The van der Waals surface area contributed by atoms with Crippen LogP contribution in [0.4, 0.5) is 0 Å². The summed E-state index contributed by atoms with van der Waals surface area (Å²) in [6.45, 7) is 2.23. The normalized spacial score (nSPS) is 22.1. The van der Waals surface area contributed by atoms with Crippen LogP contribution in [0.2, 0.25) is 0 Å². The predicted octanol–water partition coefficient (Wildman–Crippen LogP) is 0.424. The van der Waals surface area contributed by atoms with Crippen molar-refractivity contribution >= 4 is 17.8 Å². The Morgan fingerprint density at radius 1 is 1.16 bits per heavy atom. The molecule has 108 valence electrons. The molecule has 0 radical (unpaired) electrons. The van der Waals surface area contributed by atoms with Gasteiger partial charge < -0.3 is 14.9 Å². The minimum Gasteiger partial charge on any atom is -0.481 e. The van der Waals surface area contributed by atoms with Crippen LogP contribution in [0, 0.1) is 11.8 Å². The van der Waals surface area contributed by atoms with Gasteiger partial charge in [0.25, 0.3) is 0 Å². The Morgan fingerprint density at radius 3 is 2.21 bits per heavy atom. The van der Waals surface area contributed by atoms with Gasteiger partial charge in [0.2, 0.25) is 11.8 Å². The van der Waals surface area contributed by atoms with Crippen molar-refractivity contribution in [3.8, 4) is 0 Å². The molecule has 2 atom stereocenters. The lowest BCUT2D eigenvalue weighted by Crippen LogP contribution is -2.44. The first-order valence-corrected chi connectivity index (χ1v) is 6.60. The summed E-state index contributed by atoms with van der Waals surface area (Å²) >= 11 is 0. The van der Waals surface area contributed by atoms with E-state index in [0.29, 0.717) is 19.4 Å². The molecule has 0 aromatic rings. The number of carboxylic acids is 1. The number of carbonyl (C=O) groups excluding carboxylic acids is 2. The standard InChI is InChI=1S/C13H22N2O4/c1-4-15(8-11(16)14(2)3)12(17)9-6-5-7-10(9)13(18)19/h9-10H,4-8H2,1-3H3,(H,18,19)/t9-,10+/m1/s1. The fourth-order valence-electron chi connectivity index (χ4n) is 2.44. The third-order valence-electron chi connectivity index (χ3n) is 3.67. The van der Waals surface area contributed by atoms with E-state index in [0.717, 1.165) is 6.42 Å². The highest BCUT2D eigenvalue weighted by Gasteiger charge is 2.39. The molecule has 19 heavy (non-hydrogen) atoms. The van der Waals surface area contributed by atoms with Crippen LogP contribution < -0.4 is 0 Å². The van der Waals surface area contributed by atoms with Crippen LogP contribution in [0.15, 0.2) is 0 Å². The minimum absolute atomic E-state index is 0.0190. The maximum atomic E-state index is 12.3. The minimum atomic E-state index is -0.911. The van der Waals surface area contributed by atoms with Crippen molar-refractivity contribution in [3.05, 3.63) is 0 Å². The van der Waals surface area contributed by atoms with Crippen molar-refractivity contribution in [2.24, 2.45) is 11.8 Å². The molecule has 0 aliphatic heterocycles. The molecule has 0 saturated heterocycles. The maximum Gasteiger partial charge on any atom is 0.307 e. The number of nitrogens with zero attached hydrogens (tertiary/aromatic N) is 2. The molecule has 1 rings (SSSR count). The van der Waals surface area contributed by atoms with Crippen LogP contribution in [0.1, 0.15) is 26.2 Å². The number of hydrogen-bond acceptors (Lipinski definition) is 3.